The molecule has 58 heavy (non-hydrogen) atoms. The number of hydrogen-bond donors (Lipinski definition) is 0. The molecule has 5 nitrogen and oxygen atoms in total. The normalized spacial score (nSPS) is 12.5. The predicted molar refractivity (Wildman–Crippen MR) is 251 cm³/mol. The van der Waals surface area contributed by atoms with Gasteiger partial charge in [0.25, 0.3) is 0 Å². The van der Waals surface area contributed by atoms with E-state index in [1.807, 2.05) is 0 Å². The third kappa shape index (κ3) is 46.5. The second-order valence-corrected chi connectivity index (χ2v) is 16.7. The summed E-state index contributed by atoms with van der Waals surface area (Å²) in [6.07, 6.45) is 59.7. The summed E-state index contributed by atoms with van der Waals surface area (Å²) in [7, 11) is 0. The van der Waals surface area contributed by atoms with Crippen LogP contribution in [0.3, 0.4) is 0 Å². The van der Waals surface area contributed by atoms with Crippen molar-refractivity contribution < 1.29 is 23.8 Å². The fourth-order valence-electron chi connectivity index (χ4n) is 7.09. The summed E-state index contributed by atoms with van der Waals surface area (Å²) in [5.74, 6) is -0.419. The van der Waals surface area contributed by atoms with Crippen molar-refractivity contribution >= 4 is 11.9 Å². The van der Waals surface area contributed by atoms with E-state index >= 15 is 0 Å². The molecule has 0 bridgehead atoms. The number of ether oxygens (including phenoxy) is 3. The Balaban J connectivity index is 4.24. The summed E-state index contributed by atoms with van der Waals surface area (Å²) < 4.78 is 17.4. The van der Waals surface area contributed by atoms with E-state index < -0.39 is 6.10 Å². The van der Waals surface area contributed by atoms with Crippen molar-refractivity contribution in [2.45, 2.75) is 258 Å². The minimum absolute atomic E-state index is 0.0757. The Morgan fingerprint density at radius 1 is 0.397 bits per heavy atom. The third-order valence-corrected chi connectivity index (χ3v) is 10.8. The van der Waals surface area contributed by atoms with E-state index in [1.165, 1.54) is 141 Å². The molecule has 0 fully saturated rings. The summed E-state index contributed by atoms with van der Waals surface area (Å²) in [5, 5.41) is 0. The first-order valence-corrected chi connectivity index (χ1v) is 25.2. The highest BCUT2D eigenvalue weighted by molar-refractivity contribution is 5.70. The van der Waals surface area contributed by atoms with Crippen LogP contribution in [-0.4, -0.2) is 37.9 Å². The van der Waals surface area contributed by atoms with Gasteiger partial charge in [0.2, 0.25) is 0 Å². The van der Waals surface area contributed by atoms with Gasteiger partial charge in [-0.15, -0.1) is 0 Å². The van der Waals surface area contributed by atoms with Gasteiger partial charge in [0.05, 0.1) is 6.61 Å². The highest BCUT2D eigenvalue weighted by Gasteiger charge is 2.17. The van der Waals surface area contributed by atoms with Crippen LogP contribution in [0.25, 0.3) is 0 Å². The lowest BCUT2D eigenvalue weighted by atomic mass is 10.0. The molecule has 0 aliphatic rings. The number of carbonyl (C=O) groups is 2. The van der Waals surface area contributed by atoms with Crippen molar-refractivity contribution in [2.24, 2.45) is 0 Å². The highest BCUT2D eigenvalue weighted by Crippen LogP contribution is 2.15. The number of carbonyl (C=O) groups excluding carboxylic acids is 2. The molecule has 0 aromatic carbocycles. The Bertz CT molecular complexity index is 966. The Morgan fingerprint density at radius 2 is 0.793 bits per heavy atom. The van der Waals surface area contributed by atoms with Gasteiger partial charge in [-0.2, -0.15) is 0 Å². The van der Waals surface area contributed by atoms with E-state index in [2.05, 4.69) is 69.4 Å². The zero-order chi connectivity index (χ0) is 42.1. The Morgan fingerprint density at radius 3 is 1.31 bits per heavy atom. The average Bonchev–Trinajstić information content (AvgIpc) is 3.22. The second kappa shape index (κ2) is 49.2. The van der Waals surface area contributed by atoms with Crippen LogP contribution in [0.4, 0.5) is 0 Å². The monoisotopic (exact) mass is 813 g/mol. The molecule has 1 unspecified atom stereocenters. The average molecular weight is 813 g/mol. The second-order valence-electron chi connectivity index (χ2n) is 16.7. The van der Waals surface area contributed by atoms with Gasteiger partial charge in [-0.25, -0.2) is 0 Å². The van der Waals surface area contributed by atoms with Crippen LogP contribution in [0.15, 0.2) is 48.6 Å². The molecular weight excluding hydrogens is 717 g/mol. The van der Waals surface area contributed by atoms with Crippen molar-refractivity contribution in [2.75, 3.05) is 19.8 Å². The zero-order valence-electron chi connectivity index (χ0n) is 38.8. The SMILES string of the molecule is CC/C=C\C/C=C\C/C=C\CCCCCCCC(=O)OCC(COCCCCCCCCCCCCCCCCCC)OC(=O)CCCCCCC/C=C\CCCC. The van der Waals surface area contributed by atoms with Crippen LogP contribution >= 0.6 is 0 Å². The summed E-state index contributed by atoms with van der Waals surface area (Å²) >= 11 is 0. The van der Waals surface area contributed by atoms with E-state index in [0.29, 0.717) is 19.4 Å². The van der Waals surface area contributed by atoms with Gasteiger partial charge in [0, 0.05) is 19.4 Å². The quantitative estimate of drug-likeness (QED) is 0.0348. The molecule has 0 saturated heterocycles. The maximum Gasteiger partial charge on any atom is 0.306 e. The molecule has 0 aromatic rings. The first-order chi connectivity index (χ1) is 28.6. The number of esters is 2. The zero-order valence-corrected chi connectivity index (χ0v) is 38.8. The number of allylic oxidation sites excluding steroid dienone is 8. The molecule has 0 N–H and O–H groups in total. The standard InChI is InChI=1S/C53H96O5/c1-4-7-10-13-16-19-22-24-26-28-30-33-36-39-42-45-48-56-49-51(58-53(55)47-44-41-38-35-31-21-18-15-12-9-6-3)50-57-52(54)46-43-40-37-34-32-29-27-25-23-20-17-14-11-8-5-2/h8,11,15,17-18,20,25,27,51H,4-7,9-10,12-14,16,19,21-24,26,28-50H2,1-3H3/b11-8-,18-15-,20-17-,27-25-. The topological polar surface area (TPSA) is 61.8 Å². The van der Waals surface area contributed by atoms with Gasteiger partial charge >= 0.3 is 11.9 Å². The molecule has 0 radical (unpaired) electrons. The van der Waals surface area contributed by atoms with E-state index in [0.717, 1.165) is 77.0 Å². The minimum Gasteiger partial charge on any atom is -0.462 e. The fourth-order valence-corrected chi connectivity index (χ4v) is 7.09. The number of unbranched alkanes of at least 4 members (excludes halogenated alkanes) is 27. The van der Waals surface area contributed by atoms with Crippen molar-refractivity contribution in [1.82, 2.24) is 0 Å². The molecule has 0 aliphatic carbocycles. The first kappa shape index (κ1) is 55.9. The summed E-state index contributed by atoms with van der Waals surface area (Å²) in [4.78, 5) is 25.3. The van der Waals surface area contributed by atoms with Crippen LogP contribution < -0.4 is 0 Å². The Kier molecular flexibility index (Phi) is 47.4. The maximum atomic E-state index is 12.7. The number of hydrogen-bond acceptors (Lipinski definition) is 5. The Hall–Kier alpha value is -2.14. The van der Waals surface area contributed by atoms with Crippen molar-refractivity contribution in [1.29, 1.82) is 0 Å². The van der Waals surface area contributed by atoms with Gasteiger partial charge in [-0.05, 0) is 70.6 Å². The van der Waals surface area contributed by atoms with E-state index in [1.54, 1.807) is 0 Å². The lowest BCUT2D eigenvalue weighted by Crippen LogP contribution is -2.30. The Labute approximate surface area is 361 Å². The van der Waals surface area contributed by atoms with E-state index in [-0.39, 0.29) is 25.2 Å². The van der Waals surface area contributed by atoms with E-state index in [4.69, 9.17) is 14.2 Å². The van der Waals surface area contributed by atoms with Crippen LogP contribution in [0.5, 0.6) is 0 Å². The van der Waals surface area contributed by atoms with Crippen LogP contribution in [0, 0.1) is 0 Å². The molecule has 0 aliphatic heterocycles. The van der Waals surface area contributed by atoms with E-state index in [9.17, 15) is 9.59 Å². The van der Waals surface area contributed by atoms with Crippen LogP contribution in [-0.2, 0) is 23.8 Å². The highest BCUT2D eigenvalue weighted by atomic mass is 16.6. The van der Waals surface area contributed by atoms with Gasteiger partial charge in [-0.1, -0.05) is 217 Å². The molecule has 0 rings (SSSR count). The maximum absolute atomic E-state index is 12.7. The summed E-state index contributed by atoms with van der Waals surface area (Å²) in [5.41, 5.74) is 0. The van der Waals surface area contributed by atoms with Crippen LogP contribution in [0.1, 0.15) is 252 Å². The lowest BCUT2D eigenvalue weighted by molar-refractivity contribution is -0.163. The molecule has 5 heteroatoms. The van der Waals surface area contributed by atoms with Gasteiger partial charge in [0.15, 0.2) is 6.10 Å². The molecule has 338 valence electrons. The van der Waals surface area contributed by atoms with Crippen LogP contribution in [0.2, 0.25) is 0 Å². The molecule has 0 spiro atoms. The summed E-state index contributed by atoms with van der Waals surface area (Å²) in [6, 6.07) is 0. The molecule has 0 saturated carbocycles. The number of rotatable bonds is 46. The first-order valence-electron chi connectivity index (χ1n) is 25.2. The fraction of sp³-hybridized carbons (Fsp3) is 0.811. The smallest absolute Gasteiger partial charge is 0.306 e. The molecule has 0 amide bonds. The molecule has 0 heterocycles. The lowest BCUT2D eigenvalue weighted by Gasteiger charge is -2.18. The molecule has 0 aromatic heterocycles. The van der Waals surface area contributed by atoms with Crippen molar-refractivity contribution in [3.05, 3.63) is 48.6 Å². The van der Waals surface area contributed by atoms with Gasteiger partial charge in [0.1, 0.15) is 6.61 Å². The van der Waals surface area contributed by atoms with Gasteiger partial charge in [-0.3, -0.25) is 9.59 Å². The summed E-state index contributed by atoms with van der Waals surface area (Å²) in [6.45, 7) is 7.68. The predicted octanol–water partition coefficient (Wildman–Crippen LogP) is 16.8. The van der Waals surface area contributed by atoms with Crippen molar-refractivity contribution in [3.8, 4) is 0 Å². The third-order valence-electron chi connectivity index (χ3n) is 10.8. The van der Waals surface area contributed by atoms with Gasteiger partial charge < -0.3 is 14.2 Å². The van der Waals surface area contributed by atoms with Crippen molar-refractivity contribution in [3.63, 3.8) is 0 Å². The molecule has 1 atom stereocenters. The minimum atomic E-state index is -0.543. The largest absolute Gasteiger partial charge is 0.462 e. The molecular formula is C53H96O5.